The molecule has 0 aliphatic carbocycles. The van der Waals surface area contributed by atoms with Crippen LogP contribution in [0.5, 0.6) is 0 Å². The predicted molar refractivity (Wildman–Crippen MR) is 66.0 cm³/mol. The minimum Gasteiger partial charge on any atom is -0.469 e. The number of nitrogens with one attached hydrogen (secondary N) is 2. The van der Waals surface area contributed by atoms with E-state index in [9.17, 15) is 14.0 Å². The van der Waals surface area contributed by atoms with Crippen LogP contribution < -0.4 is 10.6 Å². The van der Waals surface area contributed by atoms with Crippen molar-refractivity contribution in [3.05, 3.63) is 0 Å². The molecule has 0 aromatic heterocycles. The quantitative estimate of drug-likeness (QED) is 0.449. The molecule has 2 rings (SSSR count). The van der Waals surface area contributed by atoms with Crippen LogP contribution in [0.4, 0.5) is 9.18 Å². The second kappa shape index (κ2) is 5.77. The highest BCUT2D eigenvalue weighted by atomic mass is 32.2. The summed E-state index contributed by atoms with van der Waals surface area (Å²) in [5.74, 6) is -0.217. The third-order valence-corrected chi connectivity index (χ3v) is 4.75. The zero-order valence-electron chi connectivity index (χ0n) is 10.1. The molecule has 0 unspecified atom stereocenters. The lowest BCUT2D eigenvalue weighted by Gasteiger charge is -2.15. The number of carbonyl (C=O) groups excluding carboxylic acids is 2. The fourth-order valence-electron chi connectivity index (χ4n) is 2.38. The lowest BCUT2D eigenvalue weighted by Crippen LogP contribution is -2.38. The van der Waals surface area contributed by atoms with Crippen LogP contribution in [-0.4, -0.2) is 41.9 Å². The Labute approximate surface area is 109 Å². The molecule has 2 aliphatic rings. The molecule has 2 heterocycles. The molecular formula is C11H17FN2O3S. The van der Waals surface area contributed by atoms with Crippen LogP contribution in [0.2, 0.25) is 0 Å². The number of esters is 1. The van der Waals surface area contributed by atoms with Gasteiger partial charge in [-0.3, -0.25) is 4.79 Å². The van der Waals surface area contributed by atoms with Gasteiger partial charge in [-0.25, -0.2) is 9.18 Å². The third kappa shape index (κ3) is 2.88. The smallest absolute Gasteiger partial charge is 0.315 e. The maximum Gasteiger partial charge on any atom is 0.315 e. The summed E-state index contributed by atoms with van der Waals surface area (Å²) < 4.78 is 18.2. The van der Waals surface area contributed by atoms with Gasteiger partial charge >= 0.3 is 12.0 Å². The van der Waals surface area contributed by atoms with Gasteiger partial charge in [0.1, 0.15) is 0 Å². The maximum atomic E-state index is 13.6. The van der Waals surface area contributed by atoms with Gasteiger partial charge in [0.05, 0.1) is 19.2 Å². The van der Waals surface area contributed by atoms with Gasteiger partial charge in [-0.1, -0.05) is 6.42 Å². The van der Waals surface area contributed by atoms with Gasteiger partial charge in [-0.15, -0.1) is 11.8 Å². The average molecular weight is 276 g/mol. The number of fused-ring (bicyclic) bond motifs is 1. The van der Waals surface area contributed by atoms with Gasteiger partial charge < -0.3 is 15.4 Å². The zero-order valence-corrected chi connectivity index (χ0v) is 11.0. The van der Waals surface area contributed by atoms with Crippen LogP contribution in [-0.2, 0) is 9.53 Å². The molecule has 0 aromatic carbocycles. The van der Waals surface area contributed by atoms with Crippen molar-refractivity contribution in [1.29, 1.82) is 0 Å². The average Bonchev–Trinajstić information content (AvgIpc) is 2.85. The van der Waals surface area contributed by atoms with Crippen LogP contribution >= 0.6 is 11.8 Å². The van der Waals surface area contributed by atoms with Crippen molar-refractivity contribution in [2.75, 3.05) is 7.11 Å². The maximum absolute atomic E-state index is 13.6. The first-order chi connectivity index (χ1) is 8.61. The van der Waals surface area contributed by atoms with E-state index in [4.69, 9.17) is 0 Å². The highest BCUT2D eigenvalue weighted by Crippen LogP contribution is 2.39. The molecule has 5 nitrogen and oxygen atoms in total. The van der Waals surface area contributed by atoms with Gasteiger partial charge in [0.25, 0.3) is 0 Å². The Morgan fingerprint density at radius 1 is 1.39 bits per heavy atom. The Kier molecular flexibility index (Phi) is 4.31. The molecule has 0 aromatic rings. The monoisotopic (exact) mass is 276 g/mol. The topological polar surface area (TPSA) is 67.4 Å². The molecule has 0 spiro atoms. The van der Waals surface area contributed by atoms with Crippen molar-refractivity contribution in [3.8, 4) is 0 Å². The summed E-state index contributed by atoms with van der Waals surface area (Å²) in [6, 6.07) is -0.823. The molecular weight excluding hydrogens is 259 g/mol. The summed E-state index contributed by atoms with van der Waals surface area (Å²) >= 11 is 1.26. The second-order valence-corrected chi connectivity index (χ2v) is 5.84. The van der Waals surface area contributed by atoms with E-state index in [1.807, 2.05) is 0 Å². The van der Waals surface area contributed by atoms with Crippen molar-refractivity contribution in [1.82, 2.24) is 10.6 Å². The Balaban J connectivity index is 1.73. The van der Waals surface area contributed by atoms with E-state index in [-0.39, 0.29) is 23.3 Å². The molecule has 0 bridgehead atoms. The summed E-state index contributed by atoms with van der Waals surface area (Å²) in [4.78, 5) is 22.1. The fourth-order valence-corrected chi connectivity index (χ4v) is 3.83. The number of carbonyl (C=O) groups is 2. The number of hydrogen-bond acceptors (Lipinski definition) is 4. The molecule has 102 valence electrons. The molecule has 0 saturated carbocycles. The zero-order chi connectivity index (χ0) is 13.1. The van der Waals surface area contributed by atoms with E-state index < -0.39 is 11.5 Å². The van der Waals surface area contributed by atoms with Gasteiger partial charge in [0, 0.05) is 11.7 Å². The molecule has 2 amide bonds. The number of hydrogen-bond donors (Lipinski definition) is 2. The van der Waals surface area contributed by atoms with Crippen LogP contribution in [0.25, 0.3) is 0 Å². The molecule has 0 radical (unpaired) electrons. The lowest BCUT2D eigenvalue weighted by molar-refractivity contribution is -0.140. The number of amides is 2. The molecule has 7 heteroatoms. The number of methoxy groups -OCH3 is 1. The van der Waals surface area contributed by atoms with Crippen molar-refractivity contribution < 1.29 is 18.7 Å². The normalized spacial score (nSPS) is 33.8. The van der Waals surface area contributed by atoms with Crippen LogP contribution in [0.1, 0.15) is 25.7 Å². The molecule has 2 N–H and O–H groups in total. The van der Waals surface area contributed by atoms with Gasteiger partial charge in [-0.05, 0) is 12.8 Å². The summed E-state index contributed by atoms with van der Waals surface area (Å²) in [6.07, 6.45) is 2.76. The highest BCUT2D eigenvalue weighted by Gasteiger charge is 2.49. The number of ether oxygens (including phenoxy) is 1. The number of halogens is 1. The predicted octanol–water partition coefficient (Wildman–Crippen LogP) is 1.18. The summed E-state index contributed by atoms with van der Waals surface area (Å²) in [5, 5.41) is 5.43. The van der Waals surface area contributed by atoms with Crippen LogP contribution in [0, 0.1) is 0 Å². The first kappa shape index (κ1) is 13.5. The molecule has 2 fully saturated rings. The largest absolute Gasteiger partial charge is 0.469 e. The third-order valence-electron chi connectivity index (χ3n) is 3.32. The van der Waals surface area contributed by atoms with Crippen LogP contribution in [0.15, 0.2) is 0 Å². The van der Waals surface area contributed by atoms with Crippen molar-refractivity contribution >= 4 is 23.8 Å². The first-order valence-electron chi connectivity index (χ1n) is 6.05. The second-order valence-electron chi connectivity index (χ2n) is 4.52. The Morgan fingerprint density at radius 2 is 2.11 bits per heavy atom. The summed E-state index contributed by atoms with van der Waals surface area (Å²) in [5.41, 5.74) is -1.04. The van der Waals surface area contributed by atoms with Crippen molar-refractivity contribution in [2.24, 2.45) is 0 Å². The highest BCUT2D eigenvalue weighted by molar-refractivity contribution is 8.00. The fraction of sp³-hybridized carbons (Fsp3) is 0.818. The standard InChI is InChI=1S/C11H17FN2O3S/c1-17-7(15)5-3-2-4-6-8-9(10(12)18-6)14-11(16)13-8/h6,8-10H,2-5H2,1H3,(H2,13,14,16)/t6-,8+,9+,10+/m0/s1. The van der Waals surface area contributed by atoms with Gasteiger partial charge in [0.15, 0.2) is 5.50 Å². The Bertz CT molecular complexity index is 342. The summed E-state index contributed by atoms with van der Waals surface area (Å²) in [7, 11) is 1.37. The first-order valence-corrected chi connectivity index (χ1v) is 6.99. The number of alkyl halides is 1. The van der Waals surface area contributed by atoms with Gasteiger partial charge in [0.2, 0.25) is 0 Å². The SMILES string of the molecule is COC(=O)CCCC[C@@H]1S[C@@H](F)[C@@H]2NC(=O)N[C@@H]21. The lowest BCUT2D eigenvalue weighted by atomic mass is 10.0. The minimum atomic E-state index is -1.04. The Morgan fingerprint density at radius 3 is 2.83 bits per heavy atom. The number of urea groups is 1. The number of unbranched alkanes of at least 4 members (excludes halogenated alkanes) is 1. The van der Waals surface area contributed by atoms with Crippen molar-refractivity contribution in [2.45, 2.75) is 48.5 Å². The van der Waals surface area contributed by atoms with E-state index in [2.05, 4.69) is 15.4 Å². The van der Waals surface area contributed by atoms with E-state index >= 15 is 0 Å². The molecule has 18 heavy (non-hydrogen) atoms. The van der Waals surface area contributed by atoms with E-state index in [1.54, 1.807) is 0 Å². The molecule has 2 aliphatic heterocycles. The van der Waals surface area contributed by atoms with E-state index in [1.165, 1.54) is 18.9 Å². The van der Waals surface area contributed by atoms with Crippen LogP contribution in [0.3, 0.4) is 0 Å². The number of rotatable bonds is 5. The van der Waals surface area contributed by atoms with E-state index in [0.717, 1.165) is 19.3 Å². The number of thioether (sulfide) groups is 1. The van der Waals surface area contributed by atoms with Gasteiger partial charge in [-0.2, -0.15) is 0 Å². The summed E-state index contributed by atoms with van der Waals surface area (Å²) in [6.45, 7) is 0. The molecule has 2 saturated heterocycles. The Hall–Kier alpha value is -0.980. The minimum absolute atomic E-state index is 0.0848. The van der Waals surface area contributed by atoms with E-state index in [0.29, 0.717) is 6.42 Å². The molecule has 4 atom stereocenters. The van der Waals surface area contributed by atoms with Crippen molar-refractivity contribution in [3.63, 3.8) is 0 Å².